The number of alkyl halides is 2. The topological polar surface area (TPSA) is 84.5 Å². The number of ether oxygens (including phenoxy) is 1. The monoisotopic (exact) mass is 436 g/mol. The zero-order valence-corrected chi connectivity index (χ0v) is 17.1. The van der Waals surface area contributed by atoms with Crippen LogP contribution in [0.5, 0.6) is 5.75 Å². The Hall–Kier alpha value is -2.78. The average Bonchev–Trinajstić information content (AvgIpc) is 2.72. The maximum Gasteiger partial charge on any atom is 0.387 e. The average molecular weight is 436 g/mol. The van der Waals surface area contributed by atoms with E-state index in [1.165, 1.54) is 12.1 Å². The van der Waals surface area contributed by atoms with Crippen LogP contribution in [-0.2, 0) is 23.0 Å². The Morgan fingerprint density at radius 3 is 2.53 bits per heavy atom. The van der Waals surface area contributed by atoms with Gasteiger partial charge in [0.15, 0.2) is 0 Å². The van der Waals surface area contributed by atoms with Gasteiger partial charge in [0.05, 0.1) is 4.91 Å². The second kappa shape index (κ2) is 9.36. The minimum atomic E-state index is -3.71. The largest absolute Gasteiger partial charge is 0.435 e. The smallest absolute Gasteiger partial charge is 0.387 e. The molecule has 1 aliphatic carbocycles. The summed E-state index contributed by atoms with van der Waals surface area (Å²) in [6, 6.07) is 11.1. The van der Waals surface area contributed by atoms with Crippen LogP contribution in [0.1, 0.15) is 40.4 Å². The van der Waals surface area contributed by atoms with Crippen LogP contribution in [0.4, 0.5) is 8.78 Å². The fourth-order valence-corrected chi connectivity index (χ4v) is 4.33. The van der Waals surface area contributed by atoms with Crippen LogP contribution < -0.4 is 14.8 Å². The number of sulfonamides is 1. The number of amides is 1. The van der Waals surface area contributed by atoms with Crippen LogP contribution in [-0.4, -0.2) is 27.5 Å². The van der Waals surface area contributed by atoms with Crippen molar-refractivity contribution in [2.45, 2.75) is 32.9 Å². The number of fused-ring (bicyclic) bond motifs is 1. The highest BCUT2D eigenvalue weighted by molar-refractivity contribution is 7.93. The predicted octanol–water partition coefficient (Wildman–Crippen LogP) is 3.44. The van der Waals surface area contributed by atoms with Gasteiger partial charge in [-0.25, -0.2) is 13.1 Å². The standard InChI is InChI=1S/C21H22F2N2O4S/c1-2-24-20(26)15-5-3-14(4-6-15)13-25-30(27,28)19-10-8-16-11-18(29-21(22)23)9-7-17(16)12-19/h3-7,9,11-12,21,25H,2,8,10,13H2,1H3,(H,24,26). The Labute approximate surface area is 174 Å². The van der Waals surface area contributed by atoms with E-state index in [9.17, 15) is 22.0 Å². The molecule has 0 saturated carbocycles. The van der Waals surface area contributed by atoms with Gasteiger partial charge in [-0.2, -0.15) is 8.78 Å². The lowest BCUT2D eigenvalue weighted by atomic mass is 9.97. The highest BCUT2D eigenvalue weighted by Gasteiger charge is 2.22. The maximum absolute atomic E-state index is 12.7. The van der Waals surface area contributed by atoms with Crippen LogP contribution in [0.15, 0.2) is 47.4 Å². The number of hydrogen-bond acceptors (Lipinski definition) is 4. The molecule has 3 rings (SSSR count). The molecule has 0 saturated heterocycles. The summed E-state index contributed by atoms with van der Waals surface area (Å²) in [5.41, 5.74) is 2.64. The highest BCUT2D eigenvalue weighted by Crippen LogP contribution is 2.30. The molecule has 0 radical (unpaired) electrons. The third-order valence-corrected chi connectivity index (χ3v) is 6.20. The van der Waals surface area contributed by atoms with Crippen molar-refractivity contribution in [3.05, 3.63) is 69.6 Å². The van der Waals surface area contributed by atoms with E-state index < -0.39 is 16.6 Å². The molecule has 6 nitrogen and oxygen atoms in total. The van der Waals surface area contributed by atoms with E-state index in [4.69, 9.17) is 0 Å². The van der Waals surface area contributed by atoms with Gasteiger partial charge in [-0.1, -0.05) is 18.2 Å². The number of aryl methyl sites for hydroxylation is 1. The van der Waals surface area contributed by atoms with Crippen molar-refractivity contribution in [2.75, 3.05) is 6.54 Å². The van der Waals surface area contributed by atoms with Gasteiger partial charge in [-0.15, -0.1) is 0 Å². The lowest BCUT2D eigenvalue weighted by Gasteiger charge is -2.18. The Morgan fingerprint density at radius 1 is 1.13 bits per heavy atom. The molecule has 2 aromatic carbocycles. The Bertz CT molecular complexity index is 1050. The molecular weight excluding hydrogens is 414 g/mol. The van der Waals surface area contributed by atoms with Gasteiger partial charge >= 0.3 is 6.61 Å². The van der Waals surface area contributed by atoms with Gasteiger partial charge < -0.3 is 10.1 Å². The lowest BCUT2D eigenvalue weighted by molar-refractivity contribution is -0.0498. The van der Waals surface area contributed by atoms with Crippen LogP contribution >= 0.6 is 0 Å². The summed E-state index contributed by atoms with van der Waals surface area (Å²) >= 11 is 0. The molecule has 2 N–H and O–H groups in total. The molecule has 0 unspecified atom stereocenters. The van der Waals surface area contributed by atoms with Gasteiger partial charge in [-0.05, 0) is 66.8 Å². The number of nitrogens with one attached hydrogen (secondary N) is 2. The van der Waals surface area contributed by atoms with Crippen LogP contribution in [0, 0.1) is 0 Å². The summed E-state index contributed by atoms with van der Waals surface area (Å²) in [5.74, 6) is -0.129. The molecule has 1 aliphatic rings. The molecular formula is C21H22F2N2O4S. The van der Waals surface area contributed by atoms with E-state index in [-0.39, 0.29) is 29.5 Å². The van der Waals surface area contributed by atoms with Crippen LogP contribution in [0.3, 0.4) is 0 Å². The molecule has 0 aromatic heterocycles. The van der Waals surface area contributed by atoms with Gasteiger partial charge in [0.2, 0.25) is 10.0 Å². The van der Waals surface area contributed by atoms with Crippen molar-refractivity contribution in [1.82, 2.24) is 10.0 Å². The van der Waals surface area contributed by atoms with E-state index in [0.29, 0.717) is 24.1 Å². The first-order valence-electron chi connectivity index (χ1n) is 9.43. The van der Waals surface area contributed by atoms with Crippen molar-refractivity contribution in [3.63, 3.8) is 0 Å². The second-order valence-electron chi connectivity index (χ2n) is 6.73. The number of allylic oxidation sites excluding steroid dienone is 1. The van der Waals surface area contributed by atoms with Gasteiger partial charge in [0, 0.05) is 18.7 Å². The summed E-state index contributed by atoms with van der Waals surface area (Å²) in [6.07, 6.45) is 2.21. The summed E-state index contributed by atoms with van der Waals surface area (Å²) in [5, 5.41) is 2.70. The molecule has 0 bridgehead atoms. The SMILES string of the molecule is CCNC(=O)c1ccc(CNS(=O)(=O)C2=Cc3ccc(OC(F)F)cc3CC2)cc1. The van der Waals surface area contributed by atoms with Crippen molar-refractivity contribution >= 4 is 22.0 Å². The van der Waals surface area contributed by atoms with Crippen LogP contribution in [0.2, 0.25) is 0 Å². The molecule has 0 fully saturated rings. The molecule has 1 amide bonds. The third kappa shape index (κ3) is 5.43. The second-order valence-corrected chi connectivity index (χ2v) is 8.55. The maximum atomic E-state index is 12.7. The molecule has 0 heterocycles. The van der Waals surface area contributed by atoms with Gasteiger partial charge in [0.25, 0.3) is 5.91 Å². The molecule has 9 heteroatoms. The Morgan fingerprint density at radius 2 is 1.87 bits per heavy atom. The van der Waals surface area contributed by atoms with Gasteiger partial charge in [-0.3, -0.25) is 4.79 Å². The number of benzene rings is 2. The minimum absolute atomic E-state index is 0.0534. The quantitative estimate of drug-likeness (QED) is 0.664. The minimum Gasteiger partial charge on any atom is -0.435 e. The number of hydrogen-bond donors (Lipinski definition) is 2. The number of carbonyl (C=O) groups excluding carboxylic acids is 1. The Balaban J connectivity index is 1.67. The first-order chi connectivity index (χ1) is 14.3. The number of halogens is 2. The summed E-state index contributed by atoms with van der Waals surface area (Å²) in [7, 11) is -3.71. The van der Waals surface area contributed by atoms with Crippen molar-refractivity contribution in [3.8, 4) is 5.75 Å². The van der Waals surface area contributed by atoms with Crippen LogP contribution in [0.25, 0.3) is 6.08 Å². The fourth-order valence-electron chi connectivity index (χ4n) is 3.14. The van der Waals surface area contributed by atoms with Gasteiger partial charge in [0.1, 0.15) is 5.75 Å². The van der Waals surface area contributed by atoms with E-state index in [1.54, 1.807) is 36.4 Å². The molecule has 0 atom stereocenters. The van der Waals surface area contributed by atoms with E-state index in [0.717, 1.165) is 11.1 Å². The molecule has 160 valence electrons. The van der Waals surface area contributed by atoms with E-state index >= 15 is 0 Å². The highest BCUT2D eigenvalue weighted by atomic mass is 32.2. The van der Waals surface area contributed by atoms with Crippen molar-refractivity contribution in [1.29, 1.82) is 0 Å². The van der Waals surface area contributed by atoms with Crippen molar-refractivity contribution in [2.24, 2.45) is 0 Å². The molecule has 0 aliphatic heterocycles. The first-order valence-corrected chi connectivity index (χ1v) is 10.9. The third-order valence-electron chi connectivity index (χ3n) is 4.66. The summed E-state index contributed by atoms with van der Waals surface area (Å²) in [6.45, 7) is -0.463. The fraction of sp³-hybridized carbons (Fsp3) is 0.286. The zero-order valence-electron chi connectivity index (χ0n) is 16.3. The number of carbonyl (C=O) groups is 1. The predicted molar refractivity (Wildman–Crippen MR) is 110 cm³/mol. The summed E-state index contributed by atoms with van der Waals surface area (Å²) < 4.78 is 57.0. The van der Waals surface area contributed by atoms with Crippen molar-refractivity contribution < 1.29 is 26.7 Å². The normalized spacial score (nSPS) is 13.5. The Kier molecular flexibility index (Phi) is 6.84. The van der Waals surface area contributed by atoms with E-state index in [1.807, 2.05) is 6.92 Å². The zero-order chi connectivity index (χ0) is 21.7. The van der Waals surface area contributed by atoms with E-state index in [2.05, 4.69) is 14.8 Å². The molecule has 30 heavy (non-hydrogen) atoms. The lowest BCUT2D eigenvalue weighted by Crippen LogP contribution is -2.26. The first kappa shape index (κ1) is 21.9. The molecule has 2 aromatic rings. The summed E-state index contributed by atoms with van der Waals surface area (Å²) in [4.78, 5) is 12.0. The number of rotatable bonds is 8. The molecule has 0 spiro atoms.